The third kappa shape index (κ3) is 3.33. The van der Waals surface area contributed by atoms with Gasteiger partial charge in [0, 0.05) is 36.1 Å². The normalized spacial score (nSPS) is 22.3. The van der Waals surface area contributed by atoms with Crippen molar-refractivity contribution < 1.29 is 17.7 Å². The number of halogens is 3. The molecule has 1 aromatic heterocycles. The average molecular weight is 399 g/mol. The molecule has 2 aliphatic rings. The van der Waals surface area contributed by atoms with Gasteiger partial charge in [-0.25, -0.2) is 13.2 Å². The Morgan fingerprint density at radius 1 is 1.07 bits per heavy atom. The van der Waals surface area contributed by atoms with E-state index in [9.17, 15) is 13.2 Å². The van der Waals surface area contributed by atoms with Crippen molar-refractivity contribution in [1.82, 2.24) is 15.5 Å². The molecule has 0 aliphatic heterocycles. The van der Waals surface area contributed by atoms with Crippen molar-refractivity contribution in [2.45, 2.75) is 43.1 Å². The fourth-order valence-electron chi connectivity index (χ4n) is 4.19. The van der Waals surface area contributed by atoms with E-state index in [1.54, 1.807) is 0 Å². The first-order chi connectivity index (χ1) is 14.1. The Hall–Kier alpha value is -2.67. The highest BCUT2D eigenvalue weighted by molar-refractivity contribution is 5.55. The Morgan fingerprint density at radius 3 is 2.45 bits per heavy atom. The summed E-state index contributed by atoms with van der Waals surface area (Å²) in [5, 5.41) is 7.62. The molecule has 5 rings (SSSR count). The molecule has 2 aliphatic carbocycles. The van der Waals surface area contributed by atoms with Gasteiger partial charge in [-0.3, -0.25) is 0 Å². The molecular weight excluding hydrogens is 379 g/mol. The van der Waals surface area contributed by atoms with Gasteiger partial charge in [-0.2, -0.15) is 4.98 Å². The van der Waals surface area contributed by atoms with Gasteiger partial charge in [-0.1, -0.05) is 41.9 Å². The Kier molecular flexibility index (Phi) is 4.42. The zero-order chi connectivity index (χ0) is 20.0. The van der Waals surface area contributed by atoms with E-state index in [4.69, 9.17) is 4.52 Å². The summed E-state index contributed by atoms with van der Waals surface area (Å²) < 4.78 is 46.4. The number of nitrogens with one attached hydrogen (secondary N) is 1. The maximum absolute atomic E-state index is 14.0. The molecule has 4 nitrogen and oxygen atoms in total. The molecule has 0 bridgehead atoms. The quantitative estimate of drug-likeness (QED) is 0.652. The van der Waals surface area contributed by atoms with Gasteiger partial charge in [0.1, 0.15) is 23.0 Å². The van der Waals surface area contributed by atoms with E-state index in [1.807, 2.05) is 18.2 Å². The predicted molar refractivity (Wildman–Crippen MR) is 101 cm³/mol. The van der Waals surface area contributed by atoms with Gasteiger partial charge < -0.3 is 9.84 Å². The van der Waals surface area contributed by atoms with Gasteiger partial charge >= 0.3 is 0 Å². The van der Waals surface area contributed by atoms with Gasteiger partial charge in [0.2, 0.25) is 0 Å². The molecule has 150 valence electrons. The van der Waals surface area contributed by atoms with Gasteiger partial charge in [-0.05, 0) is 24.8 Å². The third-order valence-electron chi connectivity index (χ3n) is 6.15. The lowest BCUT2D eigenvalue weighted by molar-refractivity contribution is 0.211. The number of nitrogens with zero attached hydrogens (tertiary/aromatic N) is 2. The fraction of sp³-hybridized carbons (Fsp3) is 0.364. The number of benzene rings is 2. The van der Waals surface area contributed by atoms with E-state index in [2.05, 4.69) is 27.6 Å². The molecule has 3 aromatic rings. The molecule has 0 saturated heterocycles. The first-order valence-corrected chi connectivity index (χ1v) is 9.83. The predicted octanol–water partition coefficient (Wildman–Crippen LogP) is 4.72. The molecule has 0 radical (unpaired) electrons. The van der Waals surface area contributed by atoms with E-state index in [0.29, 0.717) is 36.5 Å². The summed E-state index contributed by atoms with van der Waals surface area (Å²) in [6.45, 7) is 0.689. The number of rotatable bonds is 6. The Labute approximate surface area is 166 Å². The molecular formula is C22H20F3N3O. The summed E-state index contributed by atoms with van der Waals surface area (Å²) in [6.07, 6.45) is 3.90. The van der Waals surface area contributed by atoms with Crippen molar-refractivity contribution in [3.05, 3.63) is 71.3 Å². The first-order valence-electron chi connectivity index (χ1n) is 9.83. The van der Waals surface area contributed by atoms with Crippen molar-refractivity contribution >= 4 is 0 Å². The molecule has 1 heterocycles. The van der Waals surface area contributed by atoms with Crippen LogP contribution in [0.25, 0.3) is 11.5 Å². The first kappa shape index (κ1) is 18.4. The summed E-state index contributed by atoms with van der Waals surface area (Å²) in [5.41, 5.74) is 0.550. The van der Waals surface area contributed by atoms with Crippen LogP contribution in [0.4, 0.5) is 13.2 Å². The minimum Gasteiger partial charge on any atom is -0.334 e. The minimum atomic E-state index is -1.05. The van der Waals surface area contributed by atoms with Crippen LogP contribution in [0.3, 0.4) is 0 Å². The largest absolute Gasteiger partial charge is 0.334 e. The zero-order valence-electron chi connectivity index (χ0n) is 15.7. The summed E-state index contributed by atoms with van der Waals surface area (Å²) in [4.78, 5) is 4.28. The van der Waals surface area contributed by atoms with Crippen molar-refractivity contribution in [1.29, 1.82) is 0 Å². The maximum Gasteiger partial charge on any atom is 0.263 e. The van der Waals surface area contributed by atoms with Crippen molar-refractivity contribution in [2.24, 2.45) is 0 Å². The molecule has 2 saturated carbocycles. The topological polar surface area (TPSA) is 51.0 Å². The van der Waals surface area contributed by atoms with Gasteiger partial charge in [-0.15, -0.1) is 0 Å². The van der Waals surface area contributed by atoms with Gasteiger partial charge in [0.15, 0.2) is 5.82 Å². The molecule has 1 N–H and O–H groups in total. The summed E-state index contributed by atoms with van der Waals surface area (Å²) in [7, 11) is 0. The maximum atomic E-state index is 14.0. The Balaban J connectivity index is 1.31. The number of hydrogen-bond donors (Lipinski definition) is 1. The van der Waals surface area contributed by atoms with Crippen LogP contribution in [0.15, 0.2) is 47.0 Å². The fourth-order valence-corrected chi connectivity index (χ4v) is 4.19. The van der Waals surface area contributed by atoms with E-state index in [0.717, 1.165) is 25.7 Å². The second-order valence-corrected chi connectivity index (χ2v) is 8.04. The third-order valence-corrected chi connectivity index (χ3v) is 6.15. The molecule has 0 spiro atoms. The molecule has 2 fully saturated rings. The van der Waals surface area contributed by atoms with Crippen LogP contribution in [0.2, 0.25) is 0 Å². The molecule has 0 amide bonds. The van der Waals surface area contributed by atoms with Gasteiger partial charge in [0.05, 0.1) is 0 Å². The van der Waals surface area contributed by atoms with Gasteiger partial charge in [0.25, 0.3) is 5.89 Å². The Bertz CT molecular complexity index is 1010. The monoisotopic (exact) mass is 399 g/mol. The van der Waals surface area contributed by atoms with Crippen molar-refractivity contribution in [2.75, 3.05) is 6.54 Å². The molecule has 7 heteroatoms. The van der Waals surface area contributed by atoms with Crippen LogP contribution < -0.4 is 5.32 Å². The van der Waals surface area contributed by atoms with E-state index < -0.39 is 23.0 Å². The molecule has 1 unspecified atom stereocenters. The van der Waals surface area contributed by atoms with Crippen LogP contribution in [0, 0.1) is 17.5 Å². The smallest absolute Gasteiger partial charge is 0.263 e. The number of hydrogen-bond acceptors (Lipinski definition) is 4. The lowest BCUT2D eigenvalue weighted by Gasteiger charge is -2.39. The average Bonchev–Trinajstić information content (AvgIpc) is 3.29. The minimum absolute atomic E-state index is 0.255. The standard InChI is InChI=1S/C22H20F3N3O/c23-14-9-16(24)19(17(25)10-14)20-27-21(28-29-20)22(7-4-8-22)12-26-18-11-15(18)13-5-2-1-3-6-13/h1-3,5-6,9-10,15,18,26H,4,7-8,11-12H2/t15-,18?/m1/s1. The molecule has 29 heavy (non-hydrogen) atoms. The highest BCUT2D eigenvalue weighted by Gasteiger charge is 2.46. The second-order valence-electron chi connectivity index (χ2n) is 8.04. The lowest BCUT2D eigenvalue weighted by atomic mass is 9.68. The Morgan fingerprint density at radius 2 is 1.79 bits per heavy atom. The van der Waals surface area contributed by atoms with Crippen molar-refractivity contribution in [3.8, 4) is 11.5 Å². The molecule has 2 aromatic carbocycles. The van der Waals surface area contributed by atoms with E-state index >= 15 is 0 Å². The van der Waals surface area contributed by atoms with Crippen molar-refractivity contribution in [3.63, 3.8) is 0 Å². The lowest BCUT2D eigenvalue weighted by Crippen LogP contribution is -2.45. The van der Waals surface area contributed by atoms with E-state index in [-0.39, 0.29) is 11.3 Å². The van der Waals surface area contributed by atoms with Crippen LogP contribution in [0.5, 0.6) is 0 Å². The molecule has 2 atom stereocenters. The summed E-state index contributed by atoms with van der Waals surface area (Å²) in [6, 6.07) is 12.0. The highest BCUT2D eigenvalue weighted by Crippen LogP contribution is 2.45. The van der Waals surface area contributed by atoms with Crippen LogP contribution in [-0.2, 0) is 5.41 Å². The summed E-state index contributed by atoms with van der Waals surface area (Å²) in [5.74, 6) is -2.39. The SMILES string of the molecule is Fc1cc(F)c(-c2nc(C3(CNC4C[C@@H]4c4ccccc4)CCC3)no2)c(F)c1. The van der Waals surface area contributed by atoms with Crippen LogP contribution in [-0.4, -0.2) is 22.7 Å². The number of aromatic nitrogens is 2. The van der Waals surface area contributed by atoms with Crippen LogP contribution in [0.1, 0.15) is 43.0 Å². The zero-order valence-corrected chi connectivity index (χ0v) is 15.7. The highest BCUT2D eigenvalue weighted by atomic mass is 19.1. The summed E-state index contributed by atoms with van der Waals surface area (Å²) >= 11 is 0. The second kappa shape index (κ2) is 6.99. The van der Waals surface area contributed by atoms with Crippen LogP contribution >= 0.6 is 0 Å². The van der Waals surface area contributed by atoms with E-state index in [1.165, 1.54) is 5.56 Å².